The maximum atomic E-state index is 4.47. The molecule has 2 rings (SSSR count). The number of rotatable bonds is 5. The molecule has 2 N–H and O–H groups in total. The van der Waals surface area contributed by atoms with Gasteiger partial charge in [0.1, 0.15) is 5.52 Å². The van der Waals surface area contributed by atoms with E-state index in [1.807, 2.05) is 18.8 Å². The third-order valence-electron chi connectivity index (χ3n) is 2.48. The highest BCUT2D eigenvalue weighted by atomic mass is 32.2. The molecule has 2 aromatic rings. The molecule has 0 spiro atoms. The fourth-order valence-corrected chi connectivity index (χ4v) is 2.00. The van der Waals surface area contributed by atoms with E-state index < -0.39 is 0 Å². The molecule has 2 aromatic heterocycles. The van der Waals surface area contributed by atoms with E-state index in [2.05, 4.69) is 36.4 Å². The van der Waals surface area contributed by atoms with Gasteiger partial charge in [-0.1, -0.05) is 0 Å². The van der Waals surface area contributed by atoms with Gasteiger partial charge in [0.15, 0.2) is 11.5 Å². The molecule has 0 amide bonds. The predicted molar refractivity (Wildman–Crippen MR) is 72.9 cm³/mol. The second-order valence-corrected chi connectivity index (χ2v) is 4.62. The van der Waals surface area contributed by atoms with Gasteiger partial charge in [0.05, 0.1) is 6.33 Å². The number of fused-ring (bicyclic) bond motifs is 1. The lowest BCUT2D eigenvalue weighted by Gasteiger charge is -2.18. The van der Waals surface area contributed by atoms with Gasteiger partial charge in [-0.15, -0.1) is 0 Å². The molecule has 0 bridgehead atoms. The van der Waals surface area contributed by atoms with Crippen molar-refractivity contribution in [2.75, 3.05) is 42.9 Å². The minimum Gasteiger partial charge on any atom is -0.357 e. The van der Waals surface area contributed by atoms with Crippen molar-refractivity contribution >= 4 is 34.7 Å². The number of thioether (sulfide) groups is 1. The fourth-order valence-electron chi connectivity index (χ4n) is 1.54. The lowest BCUT2D eigenvalue weighted by atomic mass is 10.4. The zero-order valence-electron chi connectivity index (χ0n) is 10.2. The van der Waals surface area contributed by atoms with Crippen LogP contribution in [0.5, 0.6) is 0 Å². The molecule has 7 heteroatoms. The predicted octanol–water partition coefficient (Wildman–Crippen LogP) is 1.19. The minimum absolute atomic E-state index is 0.593. The summed E-state index contributed by atoms with van der Waals surface area (Å²) in [7, 11) is 3.83. The molecule has 2 heterocycles. The zero-order valence-corrected chi connectivity index (χ0v) is 11.0. The molecule has 0 aliphatic carbocycles. The first-order chi connectivity index (χ1) is 8.26. The van der Waals surface area contributed by atoms with Crippen molar-refractivity contribution in [3.8, 4) is 0 Å². The average Bonchev–Trinajstić information content (AvgIpc) is 2.82. The van der Waals surface area contributed by atoms with Crippen LogP contribution in [-0.4, -0.2) is 52.6 Å². The SMILES string of the molecule is CNc1nc(N(C)CCSC)c2[nH]cnc2n1. The standard InChI is InChI=1S/C10H16N6S/c1-11-10-14-8-7(12-6-13-8)9(15-10)16(2)4-5-17-3/h6H,4-5H2,1-3H3,(H2,11,12,13,14,15). The summed E-state index contributed by atoms with van der Waals surface area (Å²) < 4.78 is 0. The van der Waals surface area contributed by atoms with Gasteiger partial charge in [-0.05, 0) is 6.26 Å². The number of hydrogen-bond acceptors (Lipinski definition) is 6. The molecule has 0 aromatic carbocycles. The number of H-pyrrole nitrogens is 1. The molecule has 0 radical (unpaired) electrons. The quantitative estimate of drug-likeness (QED) is 0.833. The van der Waals surface area contributed by atoms with Gasteiger partial charge in [-0.3, -0.25) is 0 Å². The van der Waals surface area contributed by atoms with Crippen LogP contribution in [0.3, 0.4) is 0 Å². The topological polar surface area (TPSA) is 69.7 Å². The van der Waals surface area contributed by atoms with Crippen LogP contribution in [0.4, 0.5) is 11.8 Å². The Morgan fingerprint density at radius 3 is 3.00 bits per heavy atom. The molecule has 0 saturated heterocycles. The molecule has 0 unspecified atom stereocenters. The van der Waals surface area contributed by atoms with Gasteiger partial charge in [-0.2, -0.15) is 21.7 Å². The Bertz CT molecular complexity index is 497. The van der Waals surface area contributed by atoms with E-state index in [-0.39, 0.29) is 0 Å². The van der Waals surface area contributed by atoms with E-state index in [0.29, 0.717) is 11.6 Å². The van der Waals surface area contributed by atoms with E-state index in [0.717, 1.165) is 23.6 Å². The largest absolute Gasteiger partial charge is 0.357 e. The number of hydrogen-bond donors (Lipinski definition) is 2. The highest BCUT2D eigenvalue weighted by Crippen LogP contribution is 2.21. The number of anilines is 2. The van der Waals surface area contributed by atoms with E-state index in [9.17, 15) is 0 Å². The summed E-state index contributed by atoms with van der Waals surface area (Å²) in [6.07, 6.45) is 3.74. The smallest absolute Gasteiger partial charge is 0.226 e. The van der Waals surface area contributed by atoms with Gasteiger partial charge in [0, 0.05) is 26.4 Å². The van der Waals surface area contributed by atoms with Crippen molar-refractivity contribution in [2.45, 2.75) is 0 Å². The Kier molecular flexibility index (Phi) is 3.68. The first-order valence-corrected chi connectivity index (χ1v) is 6.74. The van der Waals surface area contributed by atoms with Crippen LogP contribution < -0.4 is 10.2 Å². The zero-order chi connectivity index (χ0) is 12.3. The third kappa shape index (κ3) is 2.44. The second kappa shape index (κ2) is 5.22. The highest BCUT2D eigenvalue weighted by Gasteiger charge is 2.12. The summed E-state index contributed by atoms with van der Waals surface area (Å²) in [4.78, 5) is 18.1. The van der Waals surface area contributed by atoms with Crippen LogP contribution in [0.1, 0.15) is 0 Å². The van der Waals surface area contributed by atoms with Crippen molar-refractivity contribution in [2.24, 2.45) is 0 Å². The molecule has 6 nitrogen and oxygen atoms in total. The minimum atomic E-state index is 0.593. The van der Waals surface area contributed by atoms with E-state index in [1.165, 1.54) is 0 Å². The summed E-state index contributed by atoms with van der Waals surface area (Å²) in [6, 6.07) is 0. The Labute approximate surface area is 104 Å². The van der Waals surface area contributed by atoms with Crippen molar-refractivity contribution in [3.05, 3.63) is 6.33 Å². The Morgan fingerprint density at radius 2 is 2.29 bits per heavy atom. The van der Waals surface area contributed by atoms with E-state index >= 15 is 0 Å². The maximum absolute atomic E-state index is 4.47. The Morgan fingerprint density at radius 1 is 1.47 bits per heavy atom. The average molecular weight is 252 g/mol. The number of nitrogens with zero attached hydrogens (tertiary/aromatic N) is 4. The lowest BCUT2D eigenvalue weighted by molar-refractivity contribution is 0.946. The fraction of sp³-hybridized carbons (Fsp3) is 0.500. The van der Waals surface area contributed by atoms with Crippen LogP contribution in [0.15, 0.2) is 6.33 Å². The number of aromatic nitrogens is 4. The Hall–Kier alpha value is -1.50. The van der Waals surface area contributed by atoms with Crippen LogP contribution in [-0.2, 0) is 0 Å². The number of aromatic amines is 1. The molecule has 0 saturated carbocycles. The summed E-state index contributed by atoms with van der Waals surface area (Å²) in [5.41, 5.74) is 1.57. The summed E-state index contributed by atoms with van der Waals surface area (Å²) >= 11 is 1.82. The van der Waals surface area contributed by atoms with Gasteiger partial charge in [0.2, 0.25) is 5.95 Å². The molecular weight excluding hydrogens is 236 g/mol. The third-order valence-corrected chi connectivity index (χ3v) is 3.07. The van der Waals surface area contributed by atoms with Gasteiger partial charge < -0.3 is 15.2 Å². The second-order valence-electron chi connectivity index (χ2n) is 3.64. The Balaban J connectivity index is 2.39. The number of imidazole rings is 1. The van der Waals surface area contributed by atoms with Crippen LogP contribution in [0, 0.1) is 0 Å². The lowest BCUT2D eigenvalue weighted by Crippen LogP contribution is -2.22. The van der Waals surface area contributed by atoms with Crippen molar-refractivity contribution in [1.82, 2.24) is 19.9 Å². The first-order valence-electron chi connectivity index (χ1n) is 5.35. The molecule has 0 aliphatic rings. The van der Waals surface area contributed by atoms with Crippen LogP contribution >= 0.6 is 11.8 Å². The van der Waals surface area contributed by atoms with Crippen LogP contribution in [0.25, 0.3) is 11.2 Å². The molecule has 92 valence electrons. The first kappa shape index (κ1) is 12.0. The van der Waals surface area contributed by atoms with Crippen molar-refractivity contribution < 1.29 is 0 Å². The van der Waals surface area contributed by atoms with Crippen molar-refractivity contribution in [1.29, 1.82) is 0 Å². The normalized spacial score (nSPS) is 10.8. The van der Waals surface area contributed by atoms with Crippen LogP contribution in [0.2, 0.25) is 0 Å². The molecule has 17 heavy (non-hydrogen) atoms. The summed E-state index contributed by atoms with van der Waals surface area (Å²) in [5.74, 6) is 2.53. The van der Waals surface area contributed by atoms with E-state index in [1.54, 1.807) is 13.4 Å². The summed E-state index contributed by atoms with van der Waals surface area (Å²) in [5, 5.41) is 2.95. The molecule has 0 fully saturated rings. The molecule has 0 atom stereocenters. The van der Waals surface area contributed by atoms with Gasteiger partial charge in [0.25, 0.3) is 0 Å². The van der Waals surface area contributed by atoms with E-state index in [4.69, 9.17) is 0 Å². The van der Waals surface area contributed by atoms with Gasteiger partial charge >= 0.3 is 0 Å². The van der Waals surface area contributed by atoms with Crippen molar-refractivity contribution in [3.63, 3.8) is 0 Å². The number of nitrogens with one attached hydrogen (secondary N) is 2. The highest BCUT2D eigenvalue weighted by molar-refractivity contribution is 7.98. The monoisotopic (exact) mass is 252 g/mol. The molecular formula is C10H16N6S. The summed E-state index contributed by atoms with van der Waals surface area (Å²) in [6.45, 7) is 0.940. The maximum Gasteiger partial charge on any atom is 0.226 e. The molecule has 0 aliphatic heterocycles. The van der Waals surface area contributed by atoms with Gasteiger partial charge in [-0.25, -0.2) is 4.98 Å².